The van der Waals surface area contributed by atoms with Crippen molar-refractivity contribution >= 4 is 23.5 Å². The fourth-order valence-electron chi connectivity index (χ4n) is 1.95. The van der Waals surface area contributed by atoms with Gasteiger partial charge in [-0.3, -0.25) is 0 Å². The van der Waals surface area contributed by atoms with Crippen LogP contribution in [0.1, 0.15) is 0 Å². The van der Waals surface area contributed by atoms with E-state index in [9.17, 15) is 0 Å². The van der Waals surface area contributed by atoms with Crippen LogP contribution in [-0.2, 0) is 0 Å². The van der Waals surface area contributed by atoms with Crippen LogP contribution in [-0.4, -0.2) is 24.4 Å². The molecule has 0 aliphatic heterocycles. The Morgan fingerprint density at radius 3 is 1.25 bits per heavy atom. The van der Waals surface area contributed by atoms with Gasteiger partial charge in [-0.2, -0.15) is 0 Å². The number of hydrogen-bond donors (Lipinski definition) is 0. The molecule has 122 valence electrons. The Morgan fingerprint density at radius 2 is 0.958 bits per heavy atom. The van der Waals surface area contributed by atoms with Crippen molar-refractivity contribution in [3.8, 4) is 11.5 Å². The van der Waals surface area contributed by atoms with Crippen LogP contribution in [0, 0.1) is 0 Å². The smallest absolute Gasteiger partial charge is 0.124 e. The summed E-state index contributed by atoms with van der Waals surface area (Å²) in [6, 6.07) is 19.7. The number of hydrogen-bond acceptors (Lipinski definition) is 6. The highest BCUT2D eigenvalue weighted by molar-refractivity contribution is 7.99. The van der Waals surface area contributed by atoms with E-state index in [0.29, 0.717) is 0 Å². The van der Waals surface area contributed by atoms with Crippen molar-refractivity contribution in [3.05, 3.63) is 60.7 Å². The van der Waals surface area contributed by atoms with Gasteiger partial charge in [0.2, 0.25) is 0 Å². The highest BCUT2D eigenvalue weighted by Gasteiger charge is 2.04. The van der Waals surface area contributed by atoms with Gasteiger partial charge in [-0.25, -0.2) is 0 Å². The summed E-state index contributed by atoms with van der Waals surface area (Å²) in [6.07, 6.45) is 0. The molecule has 0 radical (unpaired) electrons. The van der Waals surface area contributed by atoms with E-state index in [1.807, 2.05) is 60.7 Å². The molecule has 4 nitrogen and oxygen atoms in total. The van der Waals surface area contributed by atoms with Crippen LogP contribution in [0.25, 0.3) is 0 Å². The van der Waals surface area contributed by atoms with Gasteiger partial charge in [0, 0.05) is 9.79 Å². The van der Waals surface area contributed by atoms with E-state index >= 15 is 0 Å². The molecule has 6 heteroatoms. The summed E-state index contributed by atoms with van der Waals surface area (Å²) < 4.78 is 10.3. The molecule has 1 aromatic heterocycles. The maximum absolute atomic E-state index is 5.16. The quantitative estimate of drug-likeness (QED) is 0.632. The highest BCUT2D eigenvalue weighted by atomic mass is 32.2. The molecular weight excluding hydrogens is 340 g/mol. The minimum absolute atomic E-state index is 0.844. The summed E-state index contributed by atoms with van der Waals surface area (Å²) in [5.41, 5.74) is 0. The van der Waals surface area contributed by atoms with Gasteiger partial charge in [0.05, 0.1) is 14.2 Å². The average molecular weight is 356 g/mol. The predicted octanol–water partition coefficient (Wildman–Crippen LogP) is 4.80. The Labute approximate surface area is 149 Å². The van der Waals surface area contributed by atoms with Crippen molar-refractivity contribution in [1.29, 1.82) is 0 Å². The Kier molecular flexibility index (Phi) is 5.61. The van der Waals surface area contributed by atoms with Gasteiger partial charge in [0.25, 0.3) is 0 Å². The second kappa shape index (κ2) is 8.08. The normalized spacial score (nSPS) is 10.4. The summed E-state index contributed by atoms with van der Waals surface area (Å²) in [5.74, 6) is 1.69. The fourth-order valence-corrected chi connectivity index (χ4v) is 3.41. The van der Waals surface area contributed by atoms with Crippen molar-refractivity contribution < 1.29 is 9.47 Å². The summed E-state index contributed by atoms with van der Waals surface area (Å²) in [6.45, 7) is 0. The van der Waals surface area contributed by atoms with Crippen LogP contribution in [0.4, 0.5) is 0 Å². The molecule has 0 N–H and O–H groups in total. The zero-order chi connectivity index (χ0) is 16.8. The van der Waals surface area contributed by atoms with Crippen LogP contribution in [0.3, 0.4) is 0 Å². The standard InChI is InChI=1S/C18H16N2O2S2/c1-21-13-3-7-15(8-4-13)23-17-11-12-18(20-19-17)24-16-9-5-14(22-2)6-10-16/h3-12H,1-2H3. The molecule has 0 fully saturated rings. The molecule has 2 aromatic carbocycles. The van der Waals surface area contributed by atoms with Gasteiger partial charge >= 0.3 is 0 Å². The summed E-state index contributed by atoms with van der Waals surface area (Å²) in [4.78, 5) is 2.20. The van der Waals surface area contributed by atoms with Crippen molar-refractivity contribution in [2.24, 2.45) is 0 Å². The summed E-state index contributed by atoms with van der Waals surface area (Å²) >= 11 is 3.14. The van der Waals surface area contributed by atoms with E-state index in [1.54, 1.807) is 37.7 Å². The first-order valence-electron chi connectivity index (χ1n) is 7.24. The van der Waals surface area contributed by atoms with Crippen LogP contribution in [0.5, 0.6) is 11.5 Å². The Bertz CT molecular complexity index is 707. The molecule has 0 aliphatic carbocycles. The van der Waals surface area contributed by atoms with Gasteiger partial charge in [-0.1, -0.05) is 23.5 Å². The van der Waals surface area contributed by atoms with Crippen LogP contribution < -0.4 is 9.47 Å². The monoisotopic (exact) mass is 356 g/mol. The molecule has 0 unspecified atom stereocenters. The van der Waals surface area contributed by atoms with E-state index < -0.39 is 0 Å². The van der Waals surface area contributed by atoms with E-state index in [2.05, 4.69) is 10.2 Å². The Hall–Kier alpha value is -2.18. The maximum atomic E-state index is 5.16. The average Bonchev–Trinajstić information content (AvgIpc) is 2.65. The SMILES string of the molecule is COc1ccc(Sc2ccc(Sc3ccc(OC)cc3)nn2)cc1. The fraction of sp³-hybridized carbons (Fsp3) is 0.111. The van der Waals surface area contributed by atoms with E-state index in [4.69, 9.17) is 9.47 Å². The second-order valence-electron chi connectivity index (χ2n) is 4.76. The first kappa shape index (κ1) is 16.7. The van der Waals surface area contributed by atoms with Gasteiger partial charge in [0.1, 0.15) is 21.6 Å². The lowest BCUT2D eigenvalue weighted by atomic mass is 10.3. The highest BCUT2D eigenvalue weighted by Crippen LogP contribution is 2.30. The second-order valence-corrected chi connectivity index (χ2v) is 6.95. The summed E-state index contributed by atoms with van der Waals surface area (Å²) in [5, 5.41) is 10.3. The first-order chi connectivity index (χ1) is 11.8. The minimum Gasteiger partial charge on any atom is -0.497 e. The van der Waals surface area contributed by atoms with Crippen molar-refractivity contribution in [3.63, 3.8) is 0 Å². The van der Waals surface area contributed by atoms with E-state index in [-0.39, 0.29) is 0 Å². The third kappa shape index (κ3) is 4.43. The van der Waals surface area contributed by atoms with Gasteiger partial charge in [-0.15, -0.1) is 10.2 Å². The molecule has 0 bridgehead atoms. The minimum atomic E-state index is 0.844. The molecule has 1 heterocycles. The first-order valence-corrected chi connectivity index (χ1v) is 8.87. The van der Waals surface area contributed by atoms with Crippen molar-refractivity contribution in [2.75, 3.05) is 14.2 Å². The largest absolute Gasteiger partial charge is 0.497 e. The van der Waals surface area contributed by atoms with Crippen molar-refractivity contribution in [1.82, 2.24) is 10.2 Å². The third-order valence-electron chi connectivity index (χ3n) is 3.18. The van der Waals surface area contributed by atoms with Gasteiger partial charge < -0.3 is 9.47 Å². The topological polar surface area (TPSA) is 44.2 Å². The zero-order valence-electron chi connectivity index (χ0n) is 13.3. The van der Waals surface area contributed by atoms with Crippen LogP contribution >= 0.6 is 23.5 Å². The van der Waals surface area contributed by atoms with E-state index in [1.165, 1.54) is 0 Å². The lowest BCUT2D eigenvalue weighted by Crippen LogP contribution is -1.88. The number of ether oxygens (including phenoxy) is 2. The molecule has 0 saturated heterocycles. The molecule has 3 aromatic rings. The number of methoxy groups -OCH3 is 2. The summed E-state index contributed by atoms with van der Waals surface area (Å²) in [7, 11) is 3.32. The Morgan fingerprint density at radius 1 is 0.583 bits per heavy atom. The molecule has 0 spiro atoms. The Balaban J connectivity index is 1.63. The number of rotatable bonds is 6. The number of benzene rings is 2. The lowest BCUT2D eigenvalue weighted by Gasteiger charge is -2.04. The maximum Gasteiger partial charge on any atom is 0.124 e. The predicted molar refractivity (Wildman–Crippen MR) is 96.3 cm³/mol. The van der Waals surface area contributed by atoms with Gasteiger partial charge in [-0.05, 0) is 60.7 Å². The van der Waals surface area contributed by atoms with Crippen LogP contribution in [0.15, 0.2) is 80.5 Å². The third-order valence-corrected chi connectivity index (χ3v) is 5.05. The molecule has 0 aliphatic rings. The molecule has 0 amide bonds. The number of aromatic nitrogens is 2. The van der Waals surface area contributed by atoms with Crippen molar-refractivity contribution in [2.45, 2.75) is 19.8 Å². The molecule has 3 rings (SSSR count). The molecular formula is C18H16N2O2S2. The number of nitrogens with zero attached hydrogens (tertiary/aromatic N) is 2. The molecule has 0 atom stereocenters. The molecule has 0 saturated carbocycles. The van der Waals surface area contributed by atoms with E-state index in [0.717, 1.165) is 31.3 Å². The molecule has 24 heavy (non-hydrogen) atoms. The van der Waals surface area contributed by atoms with Gasteiger partial charge in [0.15, 0.2) is 0 Å². The zero-order valence-corrected chi connectivity index (χ0v) is 14.9. The lowest BCUT2D eigenvalue weighted by molar-refractivity contribution is 0.414. The van der Waals surface area contributed by atoms with Crippen LogP contribution in [0.2, 0.25) is 0 Å².